The van der Waals surface area contributed by atoms with Gasteiger partial charge >= 0.3 is 0 Å². The summed E-state index contributed by atoms with van der Waals surface area (Å²) in [5.74, 6) is 1.01. The van der Waals surface area contributed by atoms with Crippen LogP contribution in [0.25, 0.3) is 0 Å². The Hall–Kier alpha value is -2.91. The van der Waals surface area contributed by atoms with Crippen molar-refractivity contribution in [2.75, 3.05) is 14.1 Å². The third-order valence-electron chi connectivity index (χ3n) is 5.41. The topological polar surface area (TPSA) is 88.7 Å². The molecule has 31 heavy (non-hydrogen) atoms. The number of sulfonamides is 1. The molecule has 1 aliphatic carbocycles. The molecule has 0 aliphatic heterocycles. The summed E-state index contributed by atoms with van der Waals surface area (Å²) in [7, 11) is 1.33. The molecule has 0 atom stereocenters. The molecular formula is C22H26N4O4S. The molecule has 2 heterocycles. The predicted molar refractivity (Wildman–Crippen MR) is 115 cm³/mol. The van der Waals surface area contributed by atoms with Gasteiger partial charge in [0.2, 0.25) is 10.0 Å². The van der Waals surface area contributed by atoms with Gasteiger partial charge in [0, 0.05) is 38.3 Å². The molecule has 1 amide bonds. The van der Waals surface area contributed by atoms with Crippen molar-refractivity contribution in [3.63, 3.8) is 0 Å². The zero-order valence-electron chi connectivity index (χ0n) is 17.9. The maximum absolute atomic E-state index is 13.3. The van der Waals surface area contributed by atoms with Crippen LogP contribution in [0.3, 0.4) is 0 Å². The van der Waals surface area contributed by atoms with E-state index in [-0.39, 0.29) is 10.8 Å². The fraction of sp³-hybridized carbons (Fsp3) is 0.364. The molecule has 1 aromatic carbocycles. The Morgan fingerprint density at radius 1 is 1.16 bits per heavy atom. The van der Waals surface area contributed by atoms with Gasteiger partial charge in [-0.1, -0.05) is 0 Å². The van der Waals surface area contributed by atoms with Crippen LogP contribution >= 0.6 is 0 Å². The zero-order valence-corrected chi connectivity index (χ0v) is 18.7. The second kappa shape index (κ2) is 8.32. The highest BCUT2D eigenvalue weighted by atomic mass is 32.2. The lowest BCUT2D eigenvalue weighted by Crippen LogP contribution is -2.30. The highest BCUT2D eigenvalue weighted by Crippen LogP contribution is 2.40. The summed E-state index contributed by atoms with van der Waals surface area (Å²) in [4.78, 5) is 15.1. The second-order valence-electron chi connectivity index (χ2n) is 8.01. The van der Waals surface area contributed by atoms with Gasteiger partial charge in [-0.3, -0.25) is 9.48 Å². The van der Waals surface area contributed by atoms with Crippen molar-refractivity contribution in [2.24, 2.45) is 7.05 Å². The summed E-state index contributed by atoms with van der Waals surface area (Å²) in [6.07, 6.45) is 3.93. The zero-order chi connectivity index (χ0) is 22.2. The van der Waals surface area contributed by atoms with Crippen molar-refractivity contribution in [2.45, 2.75) is 36.7 Å². The molecule has 8 nitrogen and oxygen atoms in total. The van der Waals surface area contributed by atoms with Crippen LogP contribution in [-0.4, -0.2) is 47.4 Å². The van der Waals surface area contributed by atoms with Gasteiger partial charge < -0.3 is 9.32 Å². The second-order valence-corrected chi connectivity index (χ2v) is 10.2. The standard InChI is InChI=1S/C22H26N4O4S/c1-24(2)31(28,29)20-10-8-17(9-11-20)22(27)26(15-19-5-4-12-30-19)14-18-13-21(16-6-7-16)25(3)23-18/h4-5,8-13,16H,6-7,14-15H2,1-3H3. The van der Waals surface area contributed by atoms with Crippen molar-refractivity contribution in [3.8, 4) is 0 Å². The van der Waals surface area contributed by atoms with Crippen LogP contribution in [0.2, 0.25) is 0 Å². The Morgan fingerprint density at radius 3 is 2.45 bits per heavy atom. The number of aromatic nitrogens is 2. The number of aryl methyl sites for hydroxylation is 1. The van der Waals surface area contributed by atoms with E-state index < -0.39 is 10.0 Å². The summed E-state index contributed by atoms with van der Waals surface area (Å²) in [5.41, 5.74) is 2.41. The smallest absolute Gasteiger partial charge is 0.254 e. The number of amides is 1. The summed E-state index contributed by atoms with van der Waals surface area (Å²) in [5, 5.41) is 4.59. The van der Waals surface area contributed by atoms with Crippen molar-refractivity contribution >= 4 is 15.9 Å². The normalized spacial score (nSPS) is 14.2. The van der Waals surface area contributed by atoms with E-state index in [1.54, 1.807) is 29.4 Å². The predicted octanol–water partition coefficient (Wildman–Crippen LogP) is 2.98. The fourth-order valence-electron chi connectivity index (χ4n) is 3.53. The first-order valence-corrected chi connectivity index (χ1v) is 11.6. The lowest BCUT2D eigenvalue weighted by atomic mass is 10.2. The van der Waals surface area contributed by atoms with Gasteiger partial charge in [-0.2, -0.15) is 5.10 Å². The average molecular weight is 443 g/mol. The van der Waals surface area contributed by atoms with E-state index in [1.165, 1.54) is 44.8 Å². The van der Waals surface area contributed by atoms with E-state index in [4.69, 9.17) is 4.42 Å². The highest BCUT2D eigenvalue weighted by molar-refractivity contribution is 7.89. The molecule has 0 bridgehead atoms. The minimum Gasteiger partial charge on any atom is -0.467 e. The van der Waals surface area contributed by atoms with E-state index in [2.05, 4.69) is 11.2 Å². The molecular weight excluding hydrogens is 416 g/mol. The average Bonchev–Trinajstić information content (AvgIpc) is 3.33. The molecule has 9 heteroatoms. The number of hydrogen-bond donors (Lipinski definition) is 0. The monoisotopic (exact) mass is 442 g/mol. The van der Waals surface area contributed by atoms with Crippen molar-refractivity contribution in [1.82, 2.24) is 19.0 Å². The van der Waals surface area contributed by atoms with Crippen molar-refractivity contribution in [1.29, 1.82) is 0 Å². The van der Waals surface area contributed by atoms with Gasteiger partial charge in [-0.15, -0.1) is 0 Å². The number of carbonyl (C=O) groups is 1. The summed E-state index contributed by atoms with van der Waals surface area (Å²) in [6.45, 7) is 0.622. The summed E-state index contributed by atoms with van der Waals surface area (Å²) in [6, 6.07) is 11.7. The van der Waals surface area contributed by atoms with Gasteiger partial charge in [0.1, 0.15) is 5.76 Å². The Labute approximate surface area is 182 Å². The number of nitrogens with zero attached hydrogens (tertiary/aromatic N) is 4. The number of hydrogen-bond acceptors (Lipinski definition) is 5. The van der Waals surface area contributed by atoms with Gasteiger partial charge in [0.15, 0.2) is 0 Å². The van der Waals surface area contributed by atoms with Gasteiger partial charge in [-0.05, 0) is 55.3 Å². The number of carbonyl (C=O) groups excluding carboxylic acids is 1. The molecule has 0 unspecified atom stereocenters. The van der Waals surface area contributed by atoms with E-state index in [9.17, 15) is 13.2 Å². The van der Waals surface area contributed by atoms with Crippen LogP contribution in [0, 0.1) is 0 Å². The largest absolute Gasteiger partial charge is 0.467 e. The molecule has 3 aromatic rings. The Morgan fingerprint density at radius 2 is 1.87 bits per heavy atom. The van der Waals surface area contributed by atoms with Crippen LogP contribution < -0.4 is 0 Å². The molecule has 164 valence electrons. The number of furan rings is 1. The Balaban J connectivity index is 1.58. The molecule has 1 aliphatic rings. The number of rotatable bonds is 8. The Kier molecular flexibility index (Phi) is 5.72. The van der Waals surface area contributed by atoms with E-state index in [0.717, 1.165) is 10.00 Å². The molecule has 0 saturated heterocycles. The minimum atomic E-state index is -3.55. The molecule has 4 rings (SSSR count). The van der Waals surface area contributed by atoms with Gasteiger partial charge in [0.05, 0.1) is 29.9 Å². The summed E-state index contributed by atoms with van der Waals surface area (Å²) < 4.78 is 33.1. The van der Waals surface area contributed by atoms with Gasteiger partial charge in [-0.25, -0.2) is 12.7 Å². The van der Waals surface area contributed by atoms with E-state index in [1.807, 2.05) is 17.8 Å². The number of benzene rings is 1. The van der Waals surface area contributed by atoms with Gasteiger partial charge in [0.25, 0.3) is 5.91 Å². The molecule has 1 saturated carbocycles. The fourth-order valence-corrected chi connectivity index (χ4v) is 4.43. The third-order valence-corrected chi connectivity index (χ3v) is 7.24. The van der Waals surface area contributed by atoms with E-state index >= 15 is 0 Å². The van der Waals surface area contributed by atoms with Crippen LogP contribution in [0.1, 0.15) is 46.3 Å². The SMILES string of the molecule is CN(C)S(=O)(=O)c1ccc(C(=O)N(Cc2cc(C3CC3)n(C)n2)Cc2ccco2)cc1. The molecule has 1 fully saturated rings. The molecule has 0 N–H and O–H groups in total. The quantitative estimate of drug-likeness (QED) is 0.535. The first-order chi connectivity index (χ1) is 14.8. The first kappa shape index (κ1) is 21.3. The molecule has 0 spiro atoms. The van der Waals surface area contributed by atoms with E-state index in [0.29, 0.717) is 30.3 Å². The minimum absolute atomic E-state index is 0.144. The van der Waals surface area contributed by atoms with Crippen molar-refractivity contribution in [3.05, 3.63) is 71.4 Å². The Bertz CT molecular complexity index is 1160. The van der Waals surface area contributed by atoms with Crippen LogP contribution in [0.15, 0.2) is 58.0 Å². The third kappa shape index (κ3) is 4.57. The van der Waals surface area contributed by atoms with Crippen LogP contribution in [-0.2, 0) is 30.2 Å². The maximum Gasteiger partial charge on any atom is 0.254 e. The molecule has 2 aromatic heterocycles. The lowest BCUT2D eigenvalue weighted by molar-refractivity contribution is 0.0715. The van der Waals surface area contributed by atoms with Crippen LogP contribution in [0.5, 0.6) is 0 Å². The summed E-state index contributed by atoms with van der Waals surface area (Å²) >= 11 is 0. The van der Waals surface area contributed by atoms with Crippen molar-refractivity contribution < 1.29 is 17.6 Å². The molecule has 0 radical (unpaired) electrons. The highest BCUT2D eigenvalue weighted by Gasteiger charge is 2.28. The maximum atomic E-state index is 13.3. The van der Waals surface area contributed by atoms with Crippen LogP contribution in [0.4, 0.5) is 0 Å². The lowest BCUT2D eigenvalue weighted by Gasteiger charge is -2.21. The first-order valence-electron chi connectivity index (χ1n) is 10.1.